The molecule has 0 saturated carbocycles. The van der Waals surface area contributed by atoms with Gasteiger partial charge in [-0.3, -0.25) is 4.79 Å². The Labute approximate surface area is 87.1 Å². The van der Waals surface area contributed by atoms with E-state index in [1.807, 2.05) is 41.9 Å². The van der Waals surface area contributed by atoms with Crippen LogP contribution in [0, 0.1) is 0 Å². The highest BCUT2D eigenvalue weighted by molar-refractivity contribution is 6.30. The average Bonchev–Trinajstić information content (AvgIpc) is 2.56. The van der Waals surface area contributed by atoms with Gasteiger partial charge in [0.2, 0.25) is 0 Å². The van der Waals surface area contributed by atoms with Crippen LogP contribution in [-0.2, 0) is 7.05 Å². The van der Waals surface area contributed by atoms with Crippen molar-refractivity contribution in [3.05, 3.63) is 36.0 Å². The van der Waals surface area contributed by atoms with Crippen molar-refractivity contribution in [3.8, 4) is 0 Å². The molecule has 0 aliphatic heterocycles. The lowest BCUT2D eigenvalue weighted by molar-refractivity contribution is 0.101. The van der Waals surface area contributed by atoms with Gasteiger partial charge in [-0.05, 0) is 12.1 Å². The topological polar surface area (TPSA) is 22.0 Å². The Balaban J connectivity index is 2.68. The molecule has 0 bridgehead atoms. The fourth-order valence-electron chi connectivity index (χ4n) is 1.62. The highest BCUT2D eigenvalue weighted by Gasteiger charge is 2.11. The fourth-order valence-corrected chi connectivity index (χ4v) is 1.76. The maximum absolute atomic E-state index is 11.5. The monoisotopic (exact) mass is 207 g/mol. The number of carbonyl (C=O) groups excluding carboxylic acids is 1. The van der Waals surface area contributed by atoms with Crippen LogP contribution < -0.4 is 0 Å². The minimum Gasteiger partial charge on any atom is -0.341 e. The Hall–Kier alpha value is -1.28. The van der Waals surface area contributed by atoms with Gasteiger partial charge >= 0.3 is 0 Å². The molecule has 14 heavy (non-hydrogen) atoms. The number of rotatable bonds is 2. The highest BCUT2D eigenvalue weighted by atomic mass is 35.5. The van der Waals surface area contributed by atoms with Crippen LogP contribution in [0.25, 0.3) is 10.9 Å². The molecule has 3 heteroatoms. The maximum atomic E-state index is 11.5. The van der Waals surface area contributed by atoms with Crippen molar-refractivity contribution in [2.24, 2.45) is 7.05 Å². The molecule has 0 unspecified atom stereocenters. The number of aryl methyl sites for hydroxylation is 1. The van der Waals surface area contributed by atoms with E-state index in [1.165, 1.54) is 0 Å². The zero-order valence-electron chi connectivity index (χ0n) is 7.83. The minimum absolute atomic E-state index is 0.0319. The Kier molecular flexibility index (Phi) is 2.30. The first kappa shape index (κ1) is 9.28. The van der Waals surface area contributed by atoms with Gasteiger partial charge in [-0.15, -0.1) is 11.6 Å². The summed E-state index contributed by atoms with van der Waals surface area (Å²) in [6, 6.07) is 9.76. The maximum Gasteiger partial charge on any atom is 0.193 e. The zero-order chi connectivity index (χ0) is 10.1. The van der Waals surface area contributed by atoms with E-state index in [4.69, 9.17) is 11.6 Å². The molecule has 0 saturated heterocycles. The largest absolute Gasteiger partial charge is 0.341 e. The molecule has 0 atom stereocenters. The van der Waals surface area contributed by atoms with Crippen molar-refractivity contribution in [2.45, 2.75) is 0 Å². The summed E-state index contributed by atoms with van der Waals surface area (Å²) < 4.78 is 1.88. The van der Waals surface area contributed by atoms with Crippen LogP contribution in [0.2, 0.25) is 0 Å². The predicted molar refractivity (Wildman–Crippen MR) is 58.0 cm³/mol. The van der Waals surface area contributed by atoms with Crippen LogP contribution in [0.1, 0.15) is 10.5 Å². The molecular weight excluding hydrogens is 198 g/mol. The molecule has 0 aliphatic rings. The van der Waals surface area contributed by atoms with Crippen molar-refractivity contribution in [3.63, 3.8) is 0 Å². The first-order chi connectivity index (χ1) is 6.74. The third kappa shape index (κ3) is 1.32. The Bertz CT molecular complexity index is 487. The molecule has 2 nitrogen and oxygen atoms in total. The van der Waals surface area contributed by atoms with E-state index < -0.39 is 0 Å². The van der Waals surface area contributed by atoms with Crippen LogP contribution >= 0.6 is 11.6 Å². The van der Waals surface area contributed by atoms with Crippen molar-refractivity contribution in [1.29, 1.82) is 0 Å². The van der Waals surface area contributed by atoms with Crippen molar-refractivity contribution >= 4 is 28.3 Å². The molecule has 0 amide bonds. The normalized spacial score (nSPS) is 10.7. The molecule has 0 aliphatic carbocycles. The predicted octanol–water partition coefficient (Wildman–Crippen LogP) is 2.60. The van der Waals surface area contributed by atoms with E-state index in [0.29, 0.717) is 5.69 Å². The SMILES string of the molecule is Cn1c(C(=O)CCl)cc2ccccc21. The molecule has 2 aromatic rings. The lowest BCUT2D eigenvalue weighted by atomic mass is 10.2. The van der Waals surface area contributed by atoms with E-state index in [-0.39, 0.29) is 11.7 Å². The highest BCUT2D eigenvalue weighted by Crippen LogP contribution is 2.18. The summed E-state index contributed by atoms with van der Waals surface area (Å²) in [5.74, 6) is -0.00479. The molecule has 2 rings (SSSR count). The number of hydrogen-bond acceptors (Lipinski definition) is 1. The molecule has 1 aromatic heterocycles. The van der Waals surface area contributed by atoms with Gasteiger partial charge in [0, 0.05) is 18.0 Å². The summed E-state index contributed by atoms with van der Waals surface area (Å²) >= 11 is 5.52. The summed E-state index contributed by atoms with van der Waals surface area (Å²) in [4.78, 5) is 11.5. The lowest BCUT2D eigenvalue weighted by Crippen LogP contribution is -2.06. The number of halogens is 1. The number of Topliss-reactive ketones (excluding diaryl/α,β-unsaturated/α-hetero) is 1. The standard InChI is InChI=1S/C11H10ClNO/c1-13-9-5-3-2-4-8(9)6-10(13)11(14)7-12/h2-6H,7H2,1H3. The number of alkyl halides is 1. The number of hydrogen-bond donors (Lipinski definition) is 0. The summed E-state index contributed by atoms with van der Waals surface area (Å²) in [6.07, 6.45) is 0. The summed E-state index contributed by atoms with van der Waals surface area (Å²) in [7, 11) is 1.88. The number of carbonyl (C=O) groups is 1. The summed E-state index contributed by atoms with van der Waals surface area (Å²) in [6.45, 7) is 0. The third-order valence-electron chi connectivity index (χ3n) is 2.36. The third-order valence-corrected chi connectivity index (χ3v) is 2.60. The van der Waals surface area contributed by atoms with Gasteiger partial charge in [0.1, 0.15) is 0 Å². The fraction of sp³-hybridized carbons (Fsp3) is 0.182. The number of aromatic nitrogens is 1. The molecule has 0 fully saturated rings. The average molecular weight is 208 g/mol. The molecule has 1 heterocycles. The smallest absolute Gasteiger partial charge is 0.193 e. The summed E-state index contributed by atoms with van der Waals surface area (Å²) in [5, 5.41) is 1.07. The van der Waals surface area contributed by atoms with Crippen LogP contribution in [0.15, 0.2) is 30.3 Å². The first-order valence-corrected chi connectivity index (χ1v) is 4.91. The molecule has 72 valence electrons. The minimum atomic E-state index is -0.0367. The van der Waals surface area contributed by atoms with Gasteiger partial charge in [-0.2, -0.15) is 0 Å². The number of nitrogens with zero attached hydrogens (tertiary/aromatic N) is 1. The first-order valence-electron chi connectivity index (χ1n) is 4.37. The van der Waals surface area contributed by atoms with E-state index >= 15 is 0 Å². The number of benzene rings is 1. The quantitative estimate of drug-likeness (QED) is 0.548. The van der Waals surface area contributed by atoms with Gasteiger partial charge in [-0.1, -0.05) is 18.2 Å². The Morgan fingerprint density at radius 2 is 2.14 bits per heavy atom. The molecule has 0 radical (unpaired) electrons. The second kappa shape index (κ2) is 3.46. The Morgan fingerprint density at radius 3 is 2.79 bits per heavy atom. The van der Waals surface area contributed by atoms with Gasteiger partial charge < -0.3 is 4.57 Å². The van der Waals surface area contributed by atoms with Crippen LogP contribution in [0.5, 0.6) is 0 Å². The van der Waals surface area contributed by atoms with Crippen LogP contribution in [0.4, 0.5) is 0 Å². The summed E-state index contributed by atoms with van der Waals surface area (Å²) in [5.41, 5.74) is 1.72. The van der Waals surface area contributed by atoms with Gasteiger partial charge in [0.15, 0.2) is 5.78 Å². The lowest BCUT2D eigenvalue weighted by Gasteiger charge is -1.99. The van der Waals surface area contributed by atoms with E-state index in [2.05, 4.69) is 0 Å². The van der Waals surface area contributed by atoms with Crippen molar-refractivity contribution in [2.75, 3.05) is 5.88 Å². The second-order valence-corrected chi connectivity index (χ2v) is 3.47. The molecule has 0 spiro atoms. The van der Waals surface area contributed by atoms with Crippen molar-refractivity contribution in [1.82, 2.24) is 4.57 Å². The second-order valence-electron chi connectivity index (χ2n) is 3.20. The van der Waals surface area contributed by atoms with Gasteiger partial charge in [-0.25, -0.2) is 0 Å². The van der Waals surface area contributed by atoms with E-state index in [9.17, 15) is 4.79 Å². The van der Waals surface area contributed by atoms with Crippen LogP contribution in [-0.4, -0.2) is 16.2 Å². The van der Waals surface area contributed by atoms with E-state index in [1.54, 1.807) is 0 Å². The Morgan fingerprint density at radius 1 is 1.43 bits per heavy atom. The van der Waals surface area contributed by atoms with E-state index in [0.717, 1.165) is 10.9 Å². The number of para-hydroxylation sites is 1. The number of fused-ring (bicyclic) bond motifs is 1. The van der Waals surface area contributed by atoms with Gasteiger partial charge in [0.05, 0.1) is 11.6 Å². The van der Waals surface area contributed by atoms with Crippen LogP contribution in [0.3, 0.4) is 0 Å². The zero-order valence-corrected chi connectivity index (χ0v) is 8.58. The molecule has 0 N–H and O–H groups in total. The molecular formula is C11H10ClNO. The molecule has 1 aromatic carbocycles. The number of ketones is 1. The van der Waals surface area contributed by atoms with Crippen molar-refractivity contribution < 1.29 is 4.79 Å². The van der Waals surface area contributed by atoms with Gasteiger partial charge in [0.25, 0.3) is 0 Å².